The van der Waals surface area contributed by atoms with Crippen LogP contribution in [0.3, 0.4) is 0 Å². The van der Waals surface area contributed by atoms with Gasteiger partial charge >= 0.3 is 0 Å². The van der Waals surface area contributed by atoms with Crippen molar-refractivity contribution >= 4 is 0 Å². The molecule has 1 radical (unpaired) electrons. The molecule has 0 aliphatic heterocycles. The molecule has 1 aromatic carbocycles. The smallest absolute Gasteiger partial charge is 0.0994 e. The van der Waals surface area contributed by atoms with Crippen molar-refractivity contribution in [2.75, 3.05) is 0 Å². The van der Waals surface area contributed by atoms with Gasteiger partial charge in [-0.25, -0.2) is 0 Å². The first-order valence-corrected chi connectivity index (χ1v) is 4.18. The van der Waals surface area contributed by atoms with Crippen molar-refractivity contribution in [3.63, 3.8) is 0 Å². The Kier molecular flexibility index (Phi) is 1.62. The molecule has 0 N–H and O–H groups in total. The van der Waals surface area contributed by atoms with E-state index in [-0.39, 0.29) is 0 Å². The van der Waals surface area contributed by atoms with Crippen LogP contribution >= 0.6 is 0 Å². The number of rotatable bonds is 1. The summed E-state index contributed by atoms with van der Waals surface area (Å²) in [6.45, 7) is 3.94. The highest BCUT2D eigenvalue weighted by Gasteiger charge is 2.27. The summed E-state index contributed by atoms with van der Waals surface area (Å²) in [4.78, 5) is 0. The van der Waals surface area contributed by atoms with E-state index < -0.39 is 0 Å². The molecule has 1 saturated carbocycles. The largest absolute Gasteiger partial charge is 0.192 e. The van der Waals surface area contributed by atoms with Gasteiger partial charge in [0.1, 0.15) is 0 Å². The highest BCUT2D eigenvalue weighted by Crippen LogP contribution is 2.42. The van der Waals surface area contributed by atoms with Gasteiger partial charge in [-0.2, -0.15) is 5.26 Å². The fourth-order valence-corrected chi connectivity index (χ4v) is 1.56. The Morgan fingerprint density at radius 3 is 2.75 bits per heavy atom. The lowest BCUT2D eigenvalue weighted by Crippen LogP contribution is -1.90. The molecule has 1 fully saturated rings. The summed E-state index contributed by atoms with van der Waals surface area (Å²) in [5, 5.41) is 8.84. The van der Waals surface area contributed by atoms with E-state index in [2.05, 4.69) is 13.0 Å². The predicted molar refractivity (Wildman–Crippen MR) is 47.6 cm³/mol. The average molecular weight is 156 g/mol. The van der Waals surface area contributed by atoms with E-state index in [9.17, 15) is 0 Å². The summed E-state index contributed by atoms with van der Waals surface area (Å²) in [5.74, 6) is 0.619. The highest BCUT2D eigenvalue weighted by molar-refractivity contribution is 5.47. The minimum absolute atomic E-state index is 0.619. The molecule has 0 saturated heterocycles. The van der Waals surface area contributed by atoms with E-state index in [4.69, 9.17) is 5.26 Å². The average Bonchev–Trinajstić information content (AvgIpc) is 2.87. The first-order valence-electron chi connectivity index (χ1n) is 4.18. The van der Waals surface area contributed by atoms with Crippen molar-refractivity contribution in [3.8, 4) is 6.07 Å². The lowest BCUT2D eigenvalue weighted by molar-refractivity contribution is 1.10. The van der Waals surface area contributed by atoms with Crippen molar-refractivity contribution in [2.45, 2.75) is 18.8 Å². The van der Waals surface area contributed by atoms with Crippen LogP contribution in [0.15, 0.2) is 18.2 Å². The van der Waals surface area contributed by atoms with E-state index >= 15 is 0 Å². The standard InChI is InChI=1S/C11H10N/c1-8-3-2-4-10(7-12)11(8)9-5-6-9/h2-4,9H,1,5-6H2. The van der Waals surface area contributed by atoms with Crippen molar-refractivity contribution < 1.29 is 0 Å². The Bertz CT molecular complexity index is 343. The Hall–Kier alpha value is -1.29. The number of nitrogens with zero attached hydrogens (tertiary/aromatic N) is 1. The fraction of sp³-hybridized carbons (Fsp3) is 0.273. The Labute approximate surface area is 72.6 Å². The van der Waals surface area contributed by atoms with Gasteiger partial charge < -0.3 is 0 Å². The monoisotopic (exact) mass is 156 g/mol. The molecule has 0 aromatic heterocycles. The zero-order valence-corrected chi connectivity index (χ0v) is 6.88. The molecule has 0 bridgehead atoms. The van der Waals surface area contributed by atoms with E-state index in [1.54, 1.807) is 0 Å². The molecule has 59 valence electrons. The van der Waals surface area contributed by atoms with Crippen LogP contribution in [0.1, 0.15) is 35.4 Å². The lowest BCUT2D eigenvalue weighted by Gasteiger charge is -2.04. The Morgan fingerprint density at radius 1 is 1.42 bits per heavy atom. The van der Waals surface area contributed by atoms with Crippen LogP contribution in [0.5, 0.6) is 0 Å². The van der Waals surface area contributed by atoms with E-state index in [1.165, 1.54) is 18.4 Å². The summed E-state index contributed by atoms with van der Waals surface area (Å²) in [6, 6.07) is 7.97. The summed E-state index contributed by atoms with van der Waals surface area (Å²) in [6.07, 6.45) is 2.45. The van der Waals surface area contributed by atoms with Gasteiger partial charge in [-0.1, -0.05) is 12.1 Å². The molecule has 0 spiro atoms. The predicted octanol–water partition coefficient (Wildman–Crippen LogP) is 2.62. The molecular formula is C11H10N. The van der Waals surface area contributed by atoms with Gasteiger partial charge in [-0.15, -0.1) is 0 Å². The van der Waals surface area contributed by atoms with Crippen molar-refractivity contribution in [2.24, 2.45) is 0 Å². The van der Waals surface area contributed by atoms with Crippen LogP contribution in [0.4, 0.5) is 0 Å². The van der Waals surface area contributed by atoms with Gasteiger partial charge in [-0.05, 0) is 42.9 Å². The van der Waals surface area contributed by atoms with Crippen LogP contribution in [0.2, 0.25) is 0 Å². The van der Waals surface area contributed by atoms with Gasteiger partial charge in [0.15, 0.2) is 0 Å². The molecule has 1 heteroatoms. The summed E-state index contributed by atoms with van der Waals surface area (Å²) in [7, 11) is 0. The van der Waals surface area contributed by atoms with Gasteiger partial charge in [0.05, 0.1) is 11.6 Å². The molecule has 1 nitrogen and oxygen atoms in total. The van der Waals surface area contributed by atoms with Crippen LogP contribution in [-0.2, 0) is 0 Å². The molecule has 0 amide bonds. The molecule has 2 rings (SSSR count). The molecule has 12 heavy (non-hydrogen) atoms. The van der Waals surface area contributed by atoms with Crippen LogP contribution in [0, 0.1) is 18.3 Å². The van der Waals surface area contributed by atoms with Crippen molar-refractivity contribution in [3.05, 3.63) is 41.8 Å². The minimum Gasteiger partial charge on any atom is -0.192 e. The summed E-state index contributed by atoms with van der Waals surface area (Å²) >= 11 is 0. The van der Waals surface area contributed by atoms with E-state index in [0.717, 1.165) is 11.1 Å². The van der Waals surface area contributed by atoms with Gasteiger partial charge in [0.2, 0.25) is 0 Å². The molecule has 1 aliphatic rings. The van der Waals surface area contributed by atoms with Crippen molar-refractivity contribution in [1.29, 1.82) is 5.26 Å². The zero-order chi connectivity index (χ0) is 8.55. The normalized spacial score (nSPS) is 15.7. The maximum Gasteiger partial charge on any atom is 0.0994 e. The van der Waals surface area contributed by atoms with Crippen LogP contribution < -0.4 is 0 Å². The van der Waals surface area contributed by atoms with Crippen LogP contribution in [-0.4, -0.2) is 0 Å². The second kappa shape index (κ2) is 2.64. The Balaban J connectivity index is 2.54. The molecule has 0 unspecified atom stereocenters. The highest BCUT2D eigenvalue weighted by atomic mass is 14.3. The SMILES string of the molecule is [CH2]c1cccc(C#N)c1C1CC1. The van der Waals surface area contributed by atoms with E-state index in [0.29, 0.717) is 5.92 Å². The third-order valence-corrected chi connectivity index (χ3v) is 2.30. The third kappa shape index (κ3) is 1.10. The topological polar surface area (TPSA) is 23.8 Å². The molecule has 0 heterocycles. The van der Waals surface area contributed by atoms with Gasteiger partial charge in [0.25, 0.3) is 0 Å². The molecule has 1 aliphatic carbocycles. The summed E-state index contributed by atoms with van der Waals surface area (Å²) < 4.78 is 0. The fourth-order valence-electron chi connectivity index (χ4n) is 1.56. The number of nitriles is 1. The molecule has 1 aromatic rings. The minimum atomic E-state index is 0.619. The lowest BCUT2D eigenvalue weighted by atomic mass is 9.99. The number of benzene rings is 1. The second-order valence-electron chi connectivity index (χ2n) is 3.26. The number of hydrogen-bond acceptors (Lipinski definition) is 1. The molecule has 0 atom stereocenters. The first-order chi connectivity index (χ1) is 5.83. The maximum atomic E-state index is 8.84. The molecular weight excluding hydrogens is 146 g/mol. The summed E-state index contributed by atoms with van der Waals surface area (Å²) in [5.41, 5.74) is 3.02. The van der Waals surface area contributed by atoms with Crippen molar-refractivity contribution in [1.82, 2.24) is 0 Å². The number of hydrogen-bond donors (Lipinski definition) is 0. The van der Waals surface area contributed by atoms with E-state index in [1.807, 2.05) is 18.2 Å². The Morgan fingerprint density at radius 2 is 2.17 bits per heavy atom. The second-order valence-corrected chi connectivity index (χ2v) is 3.26. The quantitative estimate of drug-likeness (QED) is 0.613. The zero-order valence-electron chi connectivity index (χ0n) is 6.88. The van der Waals surface area contributed by atoms with Gasteiger partial charge in [-0.3, -0.25) is 0 Å². The first kappa shape index (κ1) is 7.36. The van der Waals surface area contributed by atoms with Gasteiger partial charge in [0, 0.05) is 0 Å². The van der Waals surface area contributed by atoms with Crippen LogP contribution in [0.25, 0.3) is 0 Å². The third-order valence-electron chi connectivity index (χ3n) is 2.30. The maximum absolute atomic E-state index is 8.84.